The second-order valence-electron chi connectivity index (χ2n) is 6.43. The van der Waals surface area contributed by atoms with Gasteiger partial charge in [-0.05, 0) is 29.8 Å². The van der Waals surface area contributed by atoms with E-state index in [9.17, 15) is 9.18 Å². The van der Waals surface area contributed by atoms with Crippen LogP contribution < -0.4 is 5.32 Å². The van der Waals surface area contributed by atoms with Crippen molar-refractivity contribution in [1.29, 1.82) is 0 Å². The van der Waals surface area contributed by atoms with Crippen molar-refractivity contribution in [2.75, 3.05) is 0 Å². The average Bonchev–Trinajstić information content (AvgIpc) is 3.32. The van der Waals surface area contributed by atoms with E-state index in [0.717, 1.165) is 16.5 Å². The van der Waals surface area contributed by atoms with Gasteiger partial charge in [-0.2, -0.15) is 0 Å². The second-order valence-corrected chi connectivity index (χ2v) is 6.43. The van der Waals surface area contributed by atoms with Crippen molar-refractivity contribution < 1.29 is 13.6 Å². The molecule has 2 aromatic carbocycles. The summed E-state index contributed by atoms with van der Waals surface area (Å²) in [6, 6.07) is 15.8. The van der Waals surface area contributed by atoms with Crippen molar-refractivity contribution in [1.82, 2.24) is 20.1 Å². The quantitative estimate of drug-likeness (QED) is 0.555. The zero-order valence-corrected chi connectivity index (χ0v) is 15.4. The van der Waals surface area contributed by atoms with Gasteiger partial charge < -0.3 is 14.3 Å². The number of hydrogen-bond donors (Lipinski definition) is 1. The van der Waals surface area contributed by atoms with Crippen molar-refractivity contribution in [3.63, 3.8) is 0 Å². The Labute approximate surface area is 161 Å². The van der Waals surface area contributed by atoms with E-state index < -0.39 is 0 Å². The number of rotatable bonds is 6. The van der Waals surface area contributed by atoms with Crippen molar-refractivity contribution in [2.24, 2.45) is 0 Å². The van der Waals surface area contributed by atoms with E-state index in [1.54, 1.807) is 12.1 Å². The van der Waals surface area contributed by atoms with Crippen LogP contribution in [0, 0.1) is 5.82 Å². The molecule has 7 heteroatoms. The van der Waals surface area contributed by atoms with Crippen LogP contribution in [-0.2, 0) is 24.3 Å². The van der Waals surface area contributed by atoms with Gasteiger partial charge in [-0.3, -0.25) is 4.79 Å². The summed E-state index contributed by atoms with van der Waals surface area (Å²) in [5.41, 5.74) is 2.44. The molecular formula is C21H19FN4O2. The third-order valence-electron chi connectivity index (χ3n) is 4.50. The minimum absolute atomic E-state index is 0.105. The number of fused-ring (bicyclic) bond motifs is 1. The van der Waals surface area contributed by atoms with Gasteiger partial charge in [0.15, 0.2) is 0 Å². The lowest BCUT2D eigenvalue weighted by atomic mass is 10.2. The van der Waals surface area contributed by atoms with E-state index in [1.165, 1.54) is 12.1 Å². The highest BCUT2D eigenvalue weighted by atomic mass is 19.1. The molecule has 2 aromatic heterocycles. The largest absolute Gasteiger partial charge is 0.419 e. The zero-order valence-electron chi connectivity index (χ0n) is 15.4. The number of aromatic nitrogens is 3. The van der Waals surface area contributed by atoms with Crippen LogP contribution >= 0.6 is 0 Å². The molecule has 1 N–H and O–H groups in total. The molecular weight excluding hydrogens is 359 g/mol. The Balaban J connectivity index is 1.59. The first-order valence-electron chi connectivity index (χ1n) is 9.06. The van der Waals surface area contributed by atoms with E-state index in [2.05, 4.69) is 15.5 Å². The van der Waals surface area contributed by atoms with Crippen molar-refractivity contribution in [2.45, 2.75) is 26.4 Å². The fraction of sp³-hybridized carbons (Fsp3) is 0.190. The molecule has 1 amide bonds. The number of halogens is 1. The molecule has 142 valence electrons. The van der Waals surface area contributed by atoms with Crippen LogP contribution in [0.3, 0.4) is 0 Å². The van der Waals surface area contributed by atoms with Crippen molar-refractivity contribution >= 4 is 16.8 Å². The lowest BCUT2D eigenvalue weighted by Crippen LogP contribution is -2.27. The molecule has 0 aliphatic carbocycles. The fourth-order valence-electron chi connectivity index (χ4n) is 3.06. The molecule has 0 unspecified atom stereocenters. The Morgan fingerprint density at radius 3 is 2.68 bits per heavy atom. The maximum atomic E-state index is 13.0. The lowest BCUT2D eigenvalue weighted by molar-refractivity contribution is -0.121. The maximum absolute atomic E-state index is 13.0. The van der Waals surface area contributed by atoms with E-state index in [0.29, 0.717) is 30.4 Å². The lowest BCUT2D eigenvalue weighted by Gasteiger charge is -2.10. The van der Waals surface area contributed by atoms with Gasteiger partial charge in [0.2, 0.25) is 11.8 Å². The Kier molecular flexibility index (Phi) is 4.89. The molecule has 28 heavy (non-hydrogen) atoms. The highest BCUT2D eigenvalue weighted by Gasteiger charge is 2.17. The fourth-order valence-corrected chi connectivity index (χ4v) is 3.06. The van der Waals surface area contributed by atoms with Gasteiger partial charge in [-0.15, -0.1) is 10.2 Å². The predicted octanol–water partition coefficient (Wildman–Crippen LogP) is 3.71. The van der Waals surface area contributed by atoms with Crippen LogP contribution in [0.5, 0.6) is 0 Å². The summed E-state index contributed by atoms with van der Waals surface area (Å²) in [4.78, 5) is 12.6. The van der Waals surface area contributed by atoms with Gasteiger partial charge >= 0.3 is 0 Å². The first-order valence-corrected chi connectivity index (χ1v) is 9.06. The van der Waals surface area contributed by atoms with Crippen LogP contribution in [0.4, 0.5) is 4.39 Å². The van der Waals surface area contributed by atoms with Gasteiger partial charge in [-0.25, -0.2) is 4.39 Å². The van der Waals surface area contributed by atoms with Gasteiger partial charge in [0, 0.05) is 23.9 Å². The first kappa shape index (κ1) is 17.9. The minimum atomic E-state index is -0.301. The van der Waals surface area contributed by atoms with E-state index in [4.69, 9.17) is 4.42 Å². The average molecular weight is 378 g/mol. The van der Waals surface area contributed by atoms with Crippen LogP contribution in [0.1, 0.15) is 18.4 Å². The highest BCUT2D eigenvalue weighted by Crippen LogP contribution is 2.27. The van der Waals surface area contributed by atoms with Crippen LogP contribution in [0.25, 0.3) is 22.5 Å². The number of para-hydroxylation sites is 1. The summed E-state index contributed by atoms with van der Waals surface area (Å²) in [7, 11) is 0. The minimum Gasteiger partial charge on any atom is -0.419 e. The Hall–Kier alpha value is -3.48. The topological polar surface area (TPSA) is 73.0 Å². The number of carbonyl (C=O) groups is 1. The molecule has 0 saturated heterocycles. The molecule has 6 nitrogen and oxygen atoms in total. The second kappa shape index (κ2) is 7.64. The van der Waals surface area contributed by atoms with E-state index in [-0.39, 0.29) is 18.3 Å². The summed E-state index contributed by atoms with van der Waals surface area (Å²) in [6.45, 7) is 2.37. The molecule has 0 radical (unpaired) electrons. The predicted molar refractivity (Wildman–Crippen MR) is 103 cm³/mol. The Morgan fingerprint density at radius 2 is 1.93 bits per heavy atom. The number of nitrogens with one attached hydrogen (secondary N) is 1. The number of hydrogen-bond acceptors (Lipinski definition) is 4. The Morgan fingerprint density at radius 1 is 1.14 bits per heavy atom. The smallest absolute Gasteiger partial charge is 0.264 e. The summed E-state index contributed by atoms with van der Waals surface area (Å²) < 4.78 is 20.6. The van der Waals surface area contributed by atoms with Crippen LogP contribution in [0.2, 0.25) is 0 Å². The summed E-state index contributed by atoms with van der Waals surface area (Å²) in [5.74, 6) is 0.471. The number of benzene rings is 2. The third-order valence-corrected chi connectivity index (χ3v) is 4.50. The molecule has 0 aliphatic heterocycles. The molecule has 4 rings (SSSR count). The van der Waals surface area contributed by atoms with Gasteiger partial charge in [0.1, 0.15) is 18.1 Å². The van der Waals surface area contributed by atoms with Crippen molar-refractivity contribution in [3.05, 3.63) is 71.9 Å². The van der Waals surface area contributed by atoms with Gasteiger partial charge in [0.25, 0.3) is 5.89 Å². The van der Waals surface area contributed by atoms with E-state index in [1.807, 2.05) is 41.8 Å². The molecule has 0 fully saturated rings. The molecule has 0 saturated carbocycles. The third kappa shape index (κ3) is 3.64. The highest BCUT2D eigenvalue weighted by molar-refractivity contribution is 5.88. The van der Waals surface area contributed by atoms with E-state index >= 15 is 0 Å². The number of carbonyl (C=O) groups excluding carboxylic acids is 1. The molecule has 0 atom stereocenters. The summed E-state index contributed by atoms with van der Waals surface area (Å²) in [5, 5.41) is 12.0. The molecule has 2 heterocycles. The first-order chi connectivity index (χ1) is 13.6. The summed E-state index contributed by atoms with van der Waals surface area (Å²) >= 11 is 0. The molecule has 0 aliphatic rings. The monoisotopic (exact) mass is 378 g/mol. The Bertz CT molecular complexity index is 1120. The number of amides is 1. The molecule has 0 bridgehead atoms. The molecule has 0 spiro atoms. The van der Waals surface area contributed by atoms with Gasteiger partial charge in [-0.1, -0.05) is 37.3 Å². The maximum Gasteiger partial charge on any atom is 0.264 e. The normalized spacial score (nSPS) is 11.1. The van der Waals surface area contributed by atoms with Crippen LogP contribution in [-0.4, -0.2) is 20.7 Å². The number of nitrogens with zero attached hydrogens (tertiary/aromatic N) is 3. The molecule has 4 aromatic rings. The SMILES string of the molecule is CCc1nnc(-c2cc3ccccc3n2CC(=O)NCc2ccc(F)cc2)o1. The summed E-state index contributed by atoms with van der Waals surface area (Å²) in [6.07, 6.45) is 0.644. The van der Waals surface area contributed by atoms with Gasteiger partial charge in [0.05, 0.1) is 0 Å². The van der Waals surface area contributed by atoms with Crippen LogP contribution in [0.15, 0.2) is 59.0 Å². The standard InChI is InChI=1S/C21H19FN4O2/c1-2-20-24-25-21(28-20)18-11-15-5-3-4-6-17(15)26(18)13-19(27)23-12-14-7-9-16(22)10-8-14/h3-11H,2,12-13H2,1H3,(H,23,27). The van der Waals surface area contributed by atoms with Crippen molar-refractivity contribution in [3.8, 4) is 11.6 Å². The number of aryl methyl sites for hydroxylation is 1. The zero-order chi connectivity index (χ0) is 19.5.